The van der Waals surface area contributed by atoms with Crippen LogP contribution in [-0.2, 0) is 13.5 Å². The van der Waals surface area contributed by atoms with E-state index >= 15 is 0 Å². The lowest BCUT2D eigenvalue weighted by molar-refractivity contribution is 0.375. The lowest BCUT2D eigenvalue weighted by atomic mass is 9.92. The van der Waals surface area contributed by atoms with Crippen LogP contribution in [-0.4, -0.2) is 23.4 Å². The van der Waals surface area contributed by atoms with E-state index < -0.39 is 6.17 Å². The van der Waals surface area contributed by atoms with Crippen LogP contribution in [0.1, 0.15) is 30.6 Å². The first-order valence-electron chi connectivity index (χ1n) is 7.07. The molecule has 0 radical (unpaired) electrons. The lowest BCUT2D eigenvalue weighted by Crippen LogP contribution is -2.25. The molecule has 1 aliphatic rings. The van der Waals surface area contributed by atoms with Crippen LogP contribution >= 0.6 is 0 Å². The monoisotopic (exact) mass is 273 g/mol. The number of halogens is 1. The van der Waals surface area contributed by atoms with Gasteiger partial charge in [0.15, 0.2) is 0 Å². The molecule has 0 bridgehead atoms. The van der Waals surface area contributed by atoms with Crippen LogP contribution in [0.3, 0.4) is 0 Å². The molecular formula is C16H20FN3. The number of hydrogen-bond acceptors (Lipinski definition) is 2. The van der Waals surface area contributed by atoms with Crippen LogP contribution < -0.4 is 4.90 Å². The molecule has 2 heterocycles. The van der Waals surface area contributed by atoms with E-state index in [0.29, 0.717) is 0 Å². The maximum atomic E-state index is 14.0. The van der Waals surface area contributed by atoms with Crippen molar-refractivity contribution in [2.45, 2.75) is 25.9 Å². The molecule has 3 rings (SSSR count). The smallest absolute Gasteiger partial charge is 0.123 e. The highest BCUT2D eigenvalue weighted by Gasteiger charge is 2.20. The average molecular weight is 273 g/mol. The Morgan fingerprint density at radius 3 is 2.75 bits per heavy atom. The summed E-state index contributed by atoms with van der Waals surface area (Å²) in [6.45, 7) is 2.64. The van der Waals surface area contributed by atoms with Crippen LogP contribution in [0.5, 0.6) is 0 Å². The molecule has 2 aromatic rings. The van der Waals surface area contributed by atoms with E-state index in [1.54, 1.807) is 17.8 Å². The van der Waals surface area contributed by atoms with Crippen molar-refractivity contribution in [2.75, 3.05) is 18.5 Å². The van der Waals surface area contributed by atoms with Gasteiger partial charge in [-0.25, -0.2) is 4.39 Å². The van der Waals surface area contributed by atoms with E-state index in [4.69, 9.17) is 0 Å². The highest BCUT2D eigenvalue weighted by Crippen LogP contribution is 2.37. The fraction of sp³-hybridized carbons (Fsp3) is 0.438. The van der Waals surface area contributed by atoms with Gasteiger partial charge in [-0.1, -0.05) is 0 Å². The molecular weight excluding hydrogens is 253 g/mol. The molecule has 0 N–H and O–H groups in total. The van der Waals surface area contributed by atoms with E-state index in [1.807, 2.05) is 19.3 Å². The minimum absolute atomic E-state index is 0.755. The molecule has 3 nitrogen and oxygen atoms in total. The number of alkyl halides is 1. The number of nitrogens with zero attached hydrogens (tertiary/aromatic N) is 3. The molecule has 1 aromatic heterocycles. The number of benzene rings is 1. The molecule has 0 amide bonds. The normalized spacial score (nSPS) is 16.1. The minimum Gasteiger partial charge on any atom is -0.374 e. The summed E-state index contributed by atoms with van der Waals surface area (Å²) < 4.78 is 15.8. The zero-order valence-electron chi connectivity index (χ0n) is 12.2. The Morgan fingerprint density at radius 1 is 1.30 bits per heavy atom. The first-order chi connectivity index (χ1) is 9.56. The molecule has 20 heavy (non-hydrogen) atoms. The van der Waals surface area contributed by atoms with Gasteiger partial charge in [0.1, 0.15) is 6.17 Å². The summed E-state index contributed by atoms with van der Waals surface area (Å²) in [5, 5.41) is 4.20. The van der Waals surface area contributed by atoms with Gasteiger partial charge < -0.3 is 4.90 Å². The fourth-order valence-corrected chi connectivity index (χ4v) is 2.97. The summed E-state index contributed by atoms with van der Waals surface area (Å²) in [5.74, 6) is 0. The Bertz CT molecular complexity index is 631. The molecule has 1 aliphatic heterocycles. The van der Waals surface area contributed by atoms with Crippen molar-refractivity contribution in [1.29, 1.82) is 0 Å². The van der Waals surface area contributed by atoms with E-state index in [0.717, 1.165) is 36.1 Å². The summed E-state index contributed by atoms with van der Waals surface area (Å²) in [6.07, 6.45) is 4.99. The number of fused-ring (bicyclic) bond motifs is 1. The molecule has 4 heteroatoms. The predicted octanol–water partition coefficient (Wildman–Crippen LogP) is 3.50. The Labute approximate surface area is 119 Å². The van der Waals surface area contributed by atoms with Crippen molar-refractivity contribution >= 4 is 5.69 Å². The first-order valence-corrected chi connectivity index (χ1v) is 7.07. The second-order valence-electron chi connectivity index (χ2n) is 5.61. The topological polar surface area (TPSA) is 21.1 Å². The molecule has 0 saturated heterocycles. The number of aryl methyl sites for hydroxylation is 2. The third kappa shape index (κ3) is 2.19. The van der Waals surface area contributed by atoms with Crippen molar-refractivity contribution < 1.29 is 4.39 Å². The van der Waals surface area contributed by atoms with E-state index in [1.165, 1.54) is 11.3 Å². The van der Waals surface area contributed by atoms with Crippen molar-refractivity contribution in [1.82, 2.24) is 9.78 Å². The Hall–Kier alpha value is -1.84. The molecule has 1 atom stereocenters. The minimum atomic E-state index is -0.981. The zero-order chi connectivity index (χ0) is 14.3. The van der Waals surface area contributed by atoms with Gasteiger partial charge in [-0.3, -0.25) is 4.68 Å². The van der Waals surface area contributed by atoms with E-state index in [2.05, 4.69) is 23.1 Å². The SMILES string of the molecule is CC(F)c1cc2c(cc1-c1cnn(C)c1)CCCN2C. The third-order valence-electron chi connectivity index (χ3n) is 4.05. The second kappa shape index (κ2) is 4.93. The number of aromatic nitrogens is 2. The average Bonchev–Trinajstić information content (AvgIpc) is 2.84. The van der Waals surface area contributed by atoms with Crippen LogP contribution in [0.15, 0.2) is 24.5 Å². The van der Waals surface area contributed by atoms with Gasteiger partial charge in [-0.05, 0) is 48.6 Å². The third-order valence-corrected chi connectivity index (χ3v) is 4.05. The Kier molecular flexibility index (Phi) is 3.24. The molecule has 0 fully saturated rings. The summed E-state index contributed by atoms with van der Waals surface area (Å²) >= 11 is 0. The van der Waals surface area contributed by atoms with E-state index in [-0.39, 0.29) is 0 Å². The highest BCUT2D eigenvalue weighted by atomic mass is 19.1. The molecule has 0 aliphatic carbocycles. The van der Waals surface area contributed by atoms with Crippen molar-refractivity contribution in [3.8, 4) is 11.1 Å². The number of hydrogen-bond donors (Lipinski definition) is 0. The molecule has 0 saturated carbocycles. The molecule has 1 aromatic carbocycles. The maximum absolute atomic E-state index is 14.0. The number of rotatable bonds is 2. The van der Waals surface area contributed by atoms with Gasteiger partial charge in [-0.2, -0.15) is 5.10 Å². The predicted molar refractivity (Wildman–Crippen MR) is 79.8 cm³/mol. The van der Waals surface area contributed by atoms with Crippen LogP contribution in [0.2, 0.25) is 0 Å². The Balaban J connectivity index is 2.18. The first kappa shape index (κ1) is 13.2. The second-order valence-corrected chi connectivity index (χ2v) is 5.61. The maximum Gasteiger partial charge on any atom is 0.123 e. The van der Waals surface area contributed by atoms with Gasteiger partial charge in [0.2, 0.25) is 0 Å². The fourth-order valence-electron chi connectivity index (χ4n) is 2.97. The van der Waals surface area contributed by atoms with Crippen molar-refractivity contribution in [3.05, 3.63) is 35.7 Å². The van der Waals surface area contributed by atoms with Crippen molar-refractivity contribution in [3.63, 3.8) is 0 Å². The Morgan fingerprint density at radius 2 is 2.10 bits per heavy atom. The van der Waals surface area contributed by atoms with E-state index in [9.17, 15) is 4.39 Å². The van der Waals surface area contributed by atoms with Gasteiger partial charge in [0.25, 0.3) is 0 Å². The van der Waals surface area contributed by atoms with Gasteiger partial charge >= 0.3 is 0 Å². The van der Waals surface area contributed by atoms with Gasteiger partial charge in [0, 0.05) is 38.1 Å². The quantitative estimate of drug-likeness (QED) is 0.835. The summed E-state index contributed by atoms with van der Waals surface area (Å²) in [4.78, 5) is 2.22. The summed E-state index contributed by atoms with van der Waals surface area (Å²) in [6, 6.07) is 4.16. The zero-order valence-corrected chi connectivity index (χ0v) is 12.2. The molecule has 1 unspecified atom stereocenters. The van der Waals surface area contributed by atoms with Crippen LogP contribution in [0.4, 0.5) is 10.1 Å². The lowest BCUT2D eigenvalue weighted by Gasteiger charge is -2.29. The number of anilines is 1. The van der Waals surface area contributed by atoms with Crippen molar-refractivity contribution in [2.24, 2.45) is 7.05 Å². The van der Waals surface area contributed by atoms with Gasteiger partial charge in [0.05, 0.1) is 6.20 Å². The molecule has 0 spiro atoms. The van der Waals surface area contributed by atoms with Crippen LogP contribution in [0.25, 0.3) is 11.1 Å². The molecule has 106 valence electrons. The largest absolute Gasteiger partial charge is 0.374 e. The van der Waals surface area contributed by atoms with Gasteiger partial charge in [-0.15, -0.1) is 0 Å². The standard InChI is InChI=1S/C16H20FN3/c1-11(17)14-8-16-12(5-4-6-19(16)2)7-15(14)13-9-18-20(3)10-13/h7-11H,4-6H2,1-3H3. The highest BCUT2D eigenvalue weighted by molar-refractivity contribution is 5.73. The van der Waals surface area contributed by atoms with Crippen LogP contribution in [0, 0.1) is 0 Å². The summed E-state index contributed by atoms with van der Waals surface area (Å²) in [7, 11) is 3.96. The summed E-state index contributed by atoms with van der Waals surface area (Å²) in [5.41, 5.74) is 5.20.